The van der Waals surface area contributed by atoms with Gasteiger partial charge in [0.2, 0.25) is 0 Å². The number of ether oxygens (including phenoxy) is 3. The van der Waals surface area contributed by atoms with Crippen LogP contribution in [0.2, 0.25) is 0 Å². The Labute approximate surface area is 287 Å². The Morgan fingerprint density at radius 3 is 2.49 bits per heavy atom. The van der Waals surface area contributed by atoms with Crippen molar-refractivity contribution in [2.24, 2.45) is 0 Å². The first-order chi connectivity index (χ1) is 23.9. The van der Waals surface area contributed by atoms with Crippen molar-refractivity contribution in [1.82, 2.24) is 0 Å². The molecule has 0 spiro atoms. The zero-order chi connectivity index (χ0) is 33.1. The van der Waals surface area contributed by atoms with E-state index in [4.69, 9.17) is 14.2 Å². The summed E-state index contributed by atoms with van der Waals surface area (Å²) >= 11 is 0. The van der Waals surface area contributed by atoms with E-state index in [2.05, 4.69) is 123 Å². The molecule has 3 unspecified atom stereocenters. The molecular formula is C46H38O3. The number of hydrogen-bond acceptors (Lipinski definition) is 3. The van der Waals surface area contributed by atoms with Crippen molar-refractivity contribution in [3.05, 3.63) is 153 Å². The van der Waals surface area contributed by atoms with Gasteiger partial charge in [0.15, 0.2) is 5.60 Å². The molecule has 0 radical (unpaired) electrons. The fraction of sp³-hybridized carbons (Fsp3) is 0.217. The highest BCUT2D eigenvalue weighted by molar-refractivity contribution is 6.06. The largest absolute Gasteiger partial charge is 0.497 e. The van der Waals surface area contributed by atoms with Gasteiger partial charge in [-0.1, -0.05) is 111 Å². The highest BCUT2D eigenvalue weighted by atomic mass is 16.5. The highest BCUT2D eigenvalue weighted by Gasteiger charge is 2.45. The van der Waals surface area contributed by atoms with Crippen LogP contribution >= 0.6 is 0 Å². The lowest BCUT2D eigenvalue weighted by Gasteiger charge is -2.39. The summed E-state index contributed by atoms with van der Waals surface area (Å²) in [5, 5.41) is 4.96. The lowest BCUT2D eigenvalue weighted by atomic mass is 9.76. The van der Waals surface area contributed by atoms with Gasteiger partial charge in [-0.25, -0.2) is 0 Å². The van der Waals surface area contributed by atoms with E-state index in [1.165, 1.54) is 54.9 Å². The average Bonchev–Trinajstić information content (AvgIpc) is 3.61. The summed E-state index contributed by atoms with van der Waals surface area (Å²) in [7, 11) is 3.52. The monoisotopic (exact) mass is 638 g/mol. The maximum Gasteiger partial charge on any atom is 0.178 e. The summed E-state index contributed by atoms with van der Waals surface area (Å²) in [6.07, 6.45) is 18.0. The van der Waals surface area contributed by atoms with Gasteiger partial charge in [0.1, 0.15) is 11.5 Å². The van der Waals surface area contributed by atoms with E-state index in [1.807, 2.05) is 12.1 Å². The first-order valence-corrected chi connectivity index (χ1v) is 17.5. The van der Waals surface area contributed by atoms with E-state index in [1.54, 1.807) is 14.2 Å². The minimum atomic E-state index is -0.887. The van der Waals surface area contributed by atoms with Gasteiger partial charge in [-0.15, -0.1) is 0 Å². The van der Waals surface area contributed by atoms with Crippen molar-refractivity contribution in [2.45, 2.75) is 49.7 Å². The Balaban J connectivity index is 1.29. The molecule has 0 aromatic heterocycles. The molecule has 240 valence electrons. The smallest absolute Gasteiger partial charge is 0.178 e. The van der Waals surface area contributed by atoms with Gasteiger partial charge in [-0.3, -0.25) is 0 Å². The number of rotatable bonds is 4. The molecule has 5 aliphatic rings. The Morgan fingerprint density at radius 2 is 1.65 bits per heavy atom. The zero-order valence-electron chi connectivity index (χ0n) is 28.3. The fourth-order valence-corrected chi connectivity index (χ4v) is 9.57. The standard InChI is InChI=1S/C46H38O3/c1-45(2)39-15-8-7-12-35(39)42-34-21-20-29(48-4)26-38(34)44-37(43(42)45)24-25-46(49-44,27-16-18-28(47-3)19-17-27)40-23-22-33-31-11-6-5-10-30(31)32-13-9-14-36(40)41(32)33/h5-10,12-19,21-26,29,31H,11,20H2,1-4H3. The maximum absolute atomic E-state index is 7.74. The highest BCUT2D eigenvalue weighted by Crippen LogP contribution is 2.55. The van der Waals surface area contributed by atoms with E-state index in [0.29, 0.717) is 5.92 Å². The molecule has 1 heterocycles. The second-order valence-corrected chi connectivity index (χ2v) is 14.5. The van der Waals surface area contributed by atoms with Crippen LogP contribution in [0.25, 0.3) is 45.7 Å². The van der Waals surface area contributed by atoms with Crippen LogP contribution in [0.1, 0.15) is 71.6 Å². The van der Waals surface area contributed by atoms with Gasteiger partial charge in [0, 0.05) is 40.4 Å². The van der Waals surface area contributed by atoms with E-state index in [-0.39, 0.29) is 11.5 Å². The van der Waals surface area contributed by atoms with Gasteiger partial charge < -0.3 is 14.2 Å². The number of fused-ring (bicyclic) bond motifs is 11. The predicted octanol–water partition coefficient (Wildman–Crippen LogP) is 8.92. The van der Waals surface area contributed by atoms with Crippen LogP contribution in [0, 0.1) is 0 Å². The molecule has 0 fully saturated rings. The Hall–Kier alpha value is -5.12. The van der Waals surface area contributed by atoms with Crippen LogP contribution in [-0.4, -0.2) is 20.3 Å². The molecule has 49 heavy (non-hydrogen) atoms. The first-order valence-electron chi connectivity index (χ1n) is 17.5. The number of hydrogen-bond donors (Lipinski definition) is 0. The van der Waals surface area contributed by atoms with Gasteiger partial charge in [0.25, 0.3) is 0 Å². The van der Waals surface area contributed by atoms with Crippen LogP contribution in [0.5, 0.6) is 11.5 Å². The molecule has 3 nitrogen and oxygen atoms in total. The maximum atomic E-state index is 7.74. The van der Waals surface area contributed by atoms with E-state index in [9.17, 15) is 0 Å². The van der Waals surface area contributed by atoms with E-state index < -0.39 is 5.60 Å². The third-order valence-corrected chi connectivity index (χ3v) is 11.9. The third-order valence-electron chi connectivity index (χ3n) is 11.9. The molecule has 5 aromatic carbocycles. The minimum Gasteiger partial charge on any atom is -0.497 e. The van der Waals surface area contributed by atoms with Crippen LogP contribution in [-0.2, 0) is 15.8 Å². The second-order valence-electron chi connectivity index (χ2n) is 14.5. The van der Waals surface area contributed by atoms with Crippen molar-refractivity contribution in [3.63, 3.8) is 0 Å². The summed E-state index contributed by atoms with van der Waals surface area (Å²) in [4.78, 5) is 0. The summed E-state index contributed by atoms with van der Waals surface area (Å²) < 4.78 is 19.3. The minimum absolute atomic E-state index is 0.0220. The fourth-order valence-electron chi connectivity index (χ4n) is 9.57. The van der Waals surface area contributed by atoms with Crippen LogP contribution < -0.4 is 19.9 Å². The molecule has 4 aliphatic carbocycles. The van der Waals surface area contributed by atoms with Crippen molar-refractivity contribution < 1.29 is 14.2 Å². The number of allylic oxidation sites excluding steroid dienone is 4. The molecule has 0 saturated carbocycles. The second kappa shape index (κ2) is 10.2. The molecular weight excluding hydrogens is 601 g/mol. The molecule has 10 rings (SSSR count). The summed E-state index contributed by atoms with van der Waals surface area (Å²) in [6, 6.07) is 28.8. The van der Waals surface area contributed by atoms with Crippen LogP contribution in [0.3, 0.4) is 0 Å². The summed E-state index contributed by atoms with van der Waals surface area (Å²) in [6.45, 7) is 4.72. The normalized spacial score (nSPS) is 22.9. The summed E-state index contributed by atoms with van der Waals surface area (Å²) in [5.41, 5.74) is 11.8. The molecule has 1 aliphatic heterocycles. The van der Waals surface area contributed by atoms with Crippen molar-refractivity contribution in [1.29, 1.82) is 0 Å². The molecule has 0 amide bonds. The third kappa shape index (κ3) is 3.77. The van der Waals surface area contributed by atoms with E-state index >= 15 is 0 Å². The number of benzene rings is 5. The van der Waals surface area contributed by atoms with Gasteiger partial charge in [-0.05, 0) is 92.1 Å². The Bertz CT molecular complexity index is 2480. The Kier molecular flexibility index (Phi) is 6.00. The van der Waals surface area contributed by atoms with Gasteiger partial charge in [0.05, 0.1) is 13.2 Å². The van der Waals surface area contributed by atoms with Gasteiger partial charge in [-0.2, -0.15) is 0 Å². The lowest BCUT2D eigenvalue weighted by molar-refractivity contribution is 0.152. The molecule has 5 aromatic rings. The zero-order valence-corrected chi connectivity index (χ0v) is 28.3. The van der Waals surface area contributed by atoms with Crippen molar-refractivity contribution in [2.75, 3.05) is 14.2 Å². The molecule has 0 saturated heterocycles. The topological polar surface area (TPSA) is 27.7 Å². The first kappa shape index (κ1) is 28.9. The lowest BCUT2D eigenvalue weighted by Crippen LogP contribution is -2.42. The molecule has 0 bridgehead atoms. The average molecular weight is 639 g/mol. The van der Waals surface area contributed by atoms with Crippen molar-refractivity contribution >= 4 is 34.6 Å². The Morgan fingerprint density at radius 1 is 0.816 bits per heavy atom. The molecule has 0 N–H and O–H groups in total. The number of methoxy groups -OCH3 is 2. The molecule has 3 heteroatoms. The van der Waals surface area contributed by atoms with Gasteiger partial charge >= 0.3 is 0 Å². The summed E-state index contributed by atoms with van der Waals surface area (Å²) in [5.74, 6) is 2.15. The van der Waals surface area contributed by atoms with E-state index in [0.717, 1.165) is 46.2 Å². The van der Waals surface area contributed by atoms with Crippen LogP contribution in [0.4, 0.5) is 0 Å². The predicted molar refractivity (Wildman–Crippen MR) is 199 cm³/mol. The van der Waals surface area contributed by atoms with Crippen molar-refractivity contribution in [3.8, 4) is 22.6 Å². The quantitative estimate of drug-likeness (QED) is 0.197. The van der Waals surface area contributed by atoms with Crippen LogP contribution in [0.15, 0.2) is 103 Å². The molecule has 3 atom stereocenters. The SMILES string of the molecule is COc1ccc(C2(c3ccc4c5c(cccc35)C3=CC=CCC34)C=Cc3c4c(c5c(c3O2)=CC(OC)CC=5)-c2ccccc2C4(C)C)cc1.